The van der Waals surface area contributed by atoms with Crippen molar-refractivity contribution in [2.45, 2.75) is 0 Å². The molecule has 5 nitrogen and oxygen atoms in total. The van der Waals surface area contributed by atoms with Crippen LogP contribution in [0.3, 0.4) is 0 Å². The third kappa shape index (κ3) is 1.69. The summed E-state index contributed by atoms with van der Waals surface area (Å²) in [4.78, 5) is 11.7. The SMILES string of the molecule is Cn1[nH]c(=O)c2cc(-c3ccc(Cl)cc3)nnc21. The lowest BCUT2D eigenvalue weighted by Gasteiger charge is -2.00. The van der Waals surface area contributed by atoms with Gasteiger partial charge in [-0.25, -0.2) is 0 Å². The highest BCUT2D eigenvalue weighted by molar-refractivity contribution is 6.30. The molecule has 18 heavy (non-hydrogen) atoms. The van der Waals surface area contributed by atoms with Crippen LogP contribution < -0.4 is 5.56 Å². The summed E-state index contributed by atoms with van der Waals surface area (Å²) < 4.78 is 1.55. The fourth-order valence-electron chi connectivity index (χ4n) is 1.83. The van der Waals surface area contributed by atoms with Gasteiger partial charge in [-0.2, -0.15) is 0 Å². The molecule has 1 N–H and O–H groups in total. The molecular weight excluding hydrogens is 252 g/mol. The van der Waals surface area contributed by atoms with E-state index in [4.69, 9.17) is 11.6 Å². The number of aromatic amines is 1. The summed E-state index contributed by atoms with van der Waals surface area (Å²) in [6.45, 7) is 0. The number of benzene rings is 1. The lowest BCUT2D eigenvalue weighted by atomic mass is 10.1. The van der Waals surface area contributed by atoms with Gasteiger partial charge >= 0.3 is 0 Å². The first-order valence-electron chi connectivity index (χ1n) is 5.33. The predicted molar refractivity (Wildman–Crippen MR) is 69.6 cm³/mol. The molecule has 0 aliphatic heterocycles. The lowest BCUT2D eigenvalue weighted by Crippen LogP contribution is -2.01. The second-order valence-electron chi connectivity index (χ2n) is 3.97. The quantitative estimate of drug-likeness (QED) is 0.728. The number of rotatable bonds is 1. The number of H-pyrrole nitrogens is 1. The molecular formula is C12H9ClN4O. The van der Waals surface area contributed by atoms with Crippen molar-refractivity contribution < 1.29 is 0 Å². The van der Waals surface area contributed by atoms with E-state index in [9.17, 15) is 4.79 Å². The van der Waals surface area contributed by atoms with Gasteiger partial charge in [-0.15, -0.1) is 10.2 Å². The number of hydrogen-bond acceptors (Lipinski definition) is 3. The number of nitrogens with zero attached hydrogens (tertiary/aromatic N) is 3. The van der Waals surface area contributed by atoms with E-state index in [2.05, 4.69) is 15.3 Å². The highest BCUT2D eigenvalue weighted by Crippen LogP contribution is 2.20. The molecule has 0 atom stereocenters. The number of hydrogen-bond donors (Lipinski definition) is 1. The summed E-state index contributed by atoms with van der Waals surface area (Å²) in [5.74, 6) is 0. The van der Waals surface area contributed by atoms with Crippen LogP contribution in [0.4, 0.5) is 0 Å². The molecule has 0 saturated carbocycles. The van der Waals surface area contributed by atoms with Gasteiger partial charge in [0, 0.05) is 17.6 Å². The Bertz CT molecular complexity index is 773. The van der Waals surface area contributed by atoms with Crippen LogP contribution in [-0.4, -0.2) is 20.0 Å². The van der Waals surface area contributed by atoms with Gasteiger partial charge in [0.1, 0.15) is 0 Å². The first-order valence-corrected chi connectivity index (χ1v) is 5.71. The minimum atomic E-state index is -0.169. The van der Waals surface area contributed by atoms with E-state index in [0.717, 1.165) is 5.56 Å². The Labute approximate surface area is 107 Å². The molecule has 0 aliphatic rings. The van der Waals surface area contributed by atoms with Crippen LogP contribution in [-0.2, 0) is 7.05 Å². The third-order valence-corrected chi connectivity index (χ3v) is 3.00. The van der Waals surface area contributed by atoms with E-state index in [1.807, 2.05) is 12.1 Å². The van der Waals surface area contributed by atoms with Gasteiger partial charge in [0.05, 0.1) is 11.1 Å². The van der Waals surface area contributed by atoms with E-state index in [1.165, 1.54) is 0 Å². The summed E-state index contributed by atoms with van der Waals surface area (Å²) >= 11 is 5.83. The summed E-state index contributed by atoms with van der Waals surface area (Å²) in [5.41, 5.74) is 1.89. The van der Waals surface area contributed by atoms with Gasteiger partial charge in [0.15, 0.2) is 5.65 Å². The Morgan fingerprint density at radius 1 is 1.22 bits per heavy atom. The topological polar surface area (TPSA) is 63.6 Å². The predicted octanol–water partition coefficient (Wildman–Crippen LogP) is 1.98. The molecule has 3 rings (SSSR count). The molecule has 6 heteroatoms. The van der Waals surface area contributed by atoms with Gasteiger partial charge in [0.25, 0.3) is 5.56 Å². The van der Waals surface area contributed by atoms with Gasteiger partial charge < -0.3 is 0 Å². The molecule has 90 valence electrons. The maximum atomic E-state index is 11.7. The first kappa shape index (κ1) is 11.0. The number of nitrogens with one attached hydrogen (secondary N) is 1. The minimum Gasteiger partial charge on any atom is -0.269 e. The Hall–Kier alpha value is -2.14. The molecule has 2 aromatic heterocycles. The molecule has 0 saturated heterocycles. The van der Waals surface area contributed by atoms with Gasteiger partial charge in [-0.1, -0.05) is 23.7 Å². The monoisotopic (exact) mass is 260 g/mol. The van der Waals surface area contributed by atoms with Crippen molar-refractivity contribution >= 4 is 22.6 Å². The molecule has 0 spiro atoms. The molecule has 0 aliphatic carbocycles. The van der Waals surface area contributed by atoms with Crippen LogP contribution in [0.15, 0.2) is 35.1 Å². The lowest BCUT2D eigenvalue weighted by molar-refractivity contribution is 0.767. The Morgan fingerprint density at radius 3 is 2.67 bits per heavy atom. The van der Waals surface area contributed by atoms with E-state index in [1.54, 1.807) is 29.9 Å². The Morgan fingerprint density at radius 2 is 1.94 bits per heavy atom. The Kier molecular flexibility index (Phi) is 2.41. The van der Waals surface area contributed by atoms with Crippen molar-refractivity contribution in [2.24, 2.45) is 7.05 Å². The van der Waals surface area contributed by atoms with E-state index >= 15 is 0 Å². The molecule has 0 bridgehead atoms. The van der Waals surface area contributed by atoms with Crippen molar-refractivity contribution in [1.82, 2.24) is 20.0 Å². The normalized spacial score (nSPS) is 11.0. The molecule has 0 unspecified atom stereocenters. The molecule has 0 amide bonds. The van der Waals surface area contributed by atoms with E-state index in [-0.39, 0.29) is 5.56 Å². The largest absolute Gasteiger partial charge is 0.273 e. The molecule has 1 aromatic carbocycles. The van der Waals surface area contributed by atoms with Crippen LogP contribution in [0.25, 0.3) is 22.3 Å². The summed E-state index contributed by atoms with van der Waals surface area (Å²) in [6.07, 6.45) is 0. The Balaban J connectivity index is 2.22. The molecule has 0 radical (unpaired) electrons. The summed E-state index contributed by atoms with van der Waals surface area (Å²) in [5, 5.41) is 12.0. The zero-order valence-electron chi connectivity index (χ0n) is 9.51. The highest BCUT2D eigenvalue weighted by Gasteiger charge is 2.08. The summed E-state index contributed by atoms with van der Waals surface area (Å²) in [6, 6.07) is 8.96. The number of aryl methyl sites for hydroxylation is 1. The van der Waals surface area contributed by atoms with Crippen molar-refractivity contribution in [3.8, 4) is 11.3 Å². The highest BCUT2D eigenvalue weighted by atomic mass is 35.5. The van der Waals surface area contributed by atoms with Crippen molar-refractivity contribution in [1.29, 1.82) is 0 Å². The maximum absolute atomic E-state index is 11.7. The minimum absolute atomic E-state index is 0.169. The van der Waals surface area contributed by atoms with E-state index < -0.39 is 0 Å². The zero-order valence-corrected chi connectivity index (χ0v) is 10.3. The van der Waals surface area contributed by atoms with Crippen LogP contribution in [0, 0.1) is 0 Å². The second kappa shape index (κ2) is 3.96. The van der Waals surface area contributed by atoms with Gasteiger partial charge in [-0.05, 0) is 18.2 Å². The van der Waals surface area contributed by atoms with Crippen molar-refractivity contribution in [3.05, 3.63) is 45.7 Å². The first-order chi connectivity index (χ1) is 8.65. The number of aromatic nitrogens is 4. The fraction of sp³-hybridized carbons (Fsp3) is 0.0833. The van der Waals surface area contributed by atoms with Crippen molar-refractivity contribution in [3.63, 3.8) is 0 Å². The van der Waals surface area contributed by atoms with Crippen molar-refractivity contribution in [2.75, 3.05) is 0 Å². The summed E-state index contributed by atoms with van der Waals surface area (Å²) in [7, 11) is 1.72. The van der Waals surface area contributed by atoms with Crippen LogP contribution >= 0.6 is 11.6 Å². The van der Waals surface area contributed by atoms with E-state index in [0.29, 0.717) is 21.7 Å². The van der Waals surface area contributed by atoms with Gasteiger partial charge in [-0.3, -0.25) is 14.6 Å². The maximum Gasteiger partial charge on any atom is 0.273 e. The van der Waals surface area contributed by atoms with Crippen LogP contribution in [0.1, 0.15) is 0 Å². The molecule has 2 heterocycles. The van der Waals surface area contributed by atoms with Gasteiger partial charge in [0.2, 0.25) is 0 Å². The number of fused-ring (bicyclic) bond motifs is 1. The second-order valence-corrected chi connectivity index (χ2v) is 4.41. The molecule has 3 aromatic rings. The fourth-order valence-corrected chi connectivity index (χ4v) is 1.95. The smallest absolute Gasteiger partial charge is 0.269 e. The third-order valence-electron chi connectivity index (χ3n) is 2.75. The average molecular weight is 261 g/mol. The van der Waals surface area contributed by atoms with Crippen LogP contribution in [0.2, 0.25) is 5.02 Å². The van der Waals surface area contributed by atoms with Crippen LogP contribution in [0.5, 0.6) is 0 Å². The zero-order chi connectivity index (χ0) is 12.7. The number of halogens is 1. The molecule has 0 fully saturated rings. The average Bonchev–Trinajstić information content (AvgIpc) is 2.66. The standard InChI is InChI=1S/C12H9ClN4O/c1-17-11-9(12(18)16-17)6-10(14-15-11)7-2-4-8(13)5-3-7/h2-6H,1H3,(H,16,18).